The fourth-order valence-corrected chi connectivity index (χ4v) is 2.70. The number of hydrogen-bond acceptors (Lipinski definition) is 5. The SMILES string of the molecule is COC(C=O)c1ccc(OS(=O)(=O)c2ccccc2)cc1. The molecule has 1 unspecified atom stereocenters. The number of carbonyl (C=O) groups excluding carboxylic acids is 1. The average molecular weight is 306 g/mol. The average Bonchev–Trinajstić information content (AvgIpc) is 2.51. The summed E-state index contributed by atoms with van der Waals surface area (Å²) >= 11 is 0. The number of carbonyl (C=O) groups is 1. The Morgan fingerprint density at radius 1 is 1.00 bits per heavy atom. The lowest BCUT2D eigenvalue weighted by Crippen LogP contribution is -2.09. The van der Waals surface area contributed by atoms with E-state index in [-0.39, 0.29) is 10.6 Å². The largest absolute Gasteiger partial charge is 0.379 e. The summed E-state index contributed by atoms with van der Waals surface area (Å²) in [6.45, 7) is 0. The maximum atomic E-state index is 12.0. The van der Waals surface area contributed by atoms with E-state index in [0.29, 0.717) is 11.8 Å². The van der Waals surface area contributed by atoms with Crippen molar-refractivity contribution in [3.05, 3.63) is 60.2 Å². The van der Waals surface area contributed by atoms with Crippen molar-refractivity contribution in [1.82, 2.24) is 0 Å². The van der Waals surface area contributed by atoms with E-state index in [2.05, 4.69) is 0 Å². The van der Waals surface area contributed by atoms with Gasteiger partial charge < -0.3 is 13.7 Å². The number of methoxy groups -OCH3 is 1. The Labute approximate surface area is 123 Å². The van der Waals surface area contributed by atoms with E-state index in [9.17, 15) is 13.2 Å². The van der Waals surface area contributed by atoms with Crippen LogP contribution in [0.1, 0.15) is 11.7 Å². The summed E-state index contributed by atoms with van der Waals surface area (Å²) in [7, 11) is -2.44. The molecule has 6 heteroatoms. The van der Waals surface area contributed by atoms with Crippen LogP contribution in [0.3, 0.4) is 0 Å². The summed E-state index contributed by atoms with van der Waals surface area (Å²) < 4.78 is 34.1. The number of benzene rings is 2. The van der Waals surface area contributed by atoms with Gasteiger partial charge in [-0.05, 0) is 29.8 Å². The predicted molar refractivity (Wildman–Crippen MR) is 76.5 cm³/mol. The summed E-state index contributed by atoms with van der Waals surface area (Å²) in [6, 6.07) is 14.0. The Morgan fingerprint density at radius 3 is 2.14 bits per heavy atom. The highest BCUT2D eigenvalue weighted by molar-refractivity contribution is 7.87. The molecule has 21 heavy (non-hydrogen) atoms. The zero-order valence-electron chi connectivity index (χ0n) is 11.3. The number of aldehydes is 1. The molecule has 5 nitrogen and oxygen atoms in total. The summed E-state index contributed by atoms with van der Waals surface area (Å²) in [6.07, 6.45) is -0.0129. The standard InChI is InChI=1S/C15H14O5S/c1-19-15(11-16)12-7-9-13(10-8-12)20-21(17,18)14-5-3-2-4-6-14/h2-11,15H,1H3. The molecule has 1 atom stereocenters. The Balaban J connectivity index is 2.19. The van der Waals surface area contributed by atoms with Gasteiger partial charge in [0.25, 0.3) is 0 Å². The van der Waals surface area contributed by atoms with Gasteiger partial charge in [-0.2, -0.15) is 8.42 Å². The first-order chi connectivity index (χ1) is 10.1. The minimum atomic E-state index is -3.86. The van der Waals surface area contributed by atoms with Crippen molar-refractivity contribution in [3.8, 4) is 5.75 Å². The molecule has 2 rings (SSSR count). The lowest BCUT2D eigenvalue weighted by Gasteiger charge is -2.10. The summed E-state index contributed by atoms with van der Waals surface area (Å²) in [5.74, 6) is 0.170. The number of ether oxygens (including phenoxy) is 1. The Bertz CT molecular complexity index is 693. The fourth-order valence-electron chi connectivity index (χ4n) is 1.75. The molecular formula is C15H14O5S. The van der Waals surface area contributed by atoms with Gasteiger partial charge in [-0.1, -0.05) is 30.3 Å². The maximum absolute atomic E-state index is 12.0. The molecule has 0 aromatic heterocycles. The highest BCUT2D eigenvalue weighted by Crippen LogP contribution is 2.22. The van der Waals surface area contributed by atoms with Crippen LogP contribution in [0.15, 0.2) is 59.5 Å². The van der Waals surface area contributed by atoms with Crippen LogP contribution in [0.25, 0.3) is 0 Å². The van der Waals surface area contributed by atoms with E-state index in [0.717, 1.165) is 0 Å². The monoisotopic (exact) mass is 306 g/mol. The molecule has 0 saturated heterocycles. The van der Waals surface area contributed by atoms with Crippen molar-refractivity contribution in [2.45, 2.75) is 11.0 Å². The van der Waals surface area contributed by atoms with Gasteiger partial charge >= 0.3 is 10.1 Å². The van der Waals surface area contributed by atoms with Gasteiger partial charge in [-0.25, -0.2) is 0 Å². The van der Waals surface area contributed by atoms with E-state index in [4.69, 9.17) is 8.92 Å². The Morgan fingerprint density at radius 2 is 1.62 bits per heavy atom. The van der Waals surface area contributed by atoms with Gasteiger partial charge in [0, 0.05) is 7.11 Å². The Hall–Kier alpha value is -2.18. The van der Waals surface area contributed by atoms with Crippen molar-refractivity contribution in [2.75, 3.05) is 7.11 Å². The van der Waals surface area contributed by atoms with Crippen LogP contribution in [-0.4, -0.2) is 21.8 Å². The molecule has 0 bridgehead atoms. The first kappa shape index (κ1) is 15.2. The molecule has 0 heterocycles. The molecular weight excluding hydrogens is 292 g/mol. The Kier molecular flexibility index (Phi) is 4.72. The van der Waals surface area contributed by atoms with Crippen molar-refractivity contribution in [1.29, 1.82) is 0 Å². The number of hydrogen-bond donors (Lipinski definition) is 0. The van der Waals surface area contributed by atoms with Gasteiger partial charge in [0.2, 0.25) is 0 Å². The molecule has 0 aliphatic heterocycles. The second-order valence-electron chi connectivity index (χ2n) is 4.21. The first-order valence-electron chi connectivity index (χ1n) is 6.14. The highest BCUT2D eigenvalue weighted by Gasteiger charge is 2.16. The molecule has 0 fully saturated rings. The van der Waals surface area contributed by atoms with E-state index in [1.807, 2.05) is 0 Å². The van der Waals surface area contributed by atoms with Gasteiger partial charge in [0.1, 0.15) is 16.7 Å². The molecule has 0 spiro atoms. The van der Waals surface area contributed by atoms with E-state index >= 15 is 0 Å². The van der Waals surface area contributed by atoms with Gasteiger partial charge in [-0.3, -0.25) is 0 Å². The van der Waals surface area contributed by atoms with Crippen LogP contribution in [0, 0.1) is 0 Å². The molecule has 0 amide bonds. The second-order valence-corrected chi connectivity index (χ2v) is 5.76. The lowest BCUT2D eigenvalue weighted by atomic mass is 10.1. The molecule has 110 valence electrons. The predicted octanol–water partition coefficient (Wildman–Crippen LogP) is 2.34. The van der Waals surface area contributed by atoms with Crippen LogP contribution in [-0.2, 0) is 19.6 Å². The van der Waals surface area contributed by atoms with Crippen molar-refractivity contribution in [2.24, 2.45) is 0 Å². The number of rotatable bonds is 6. The third kappa shape index (κ3) is 3.68. The van der Waals surface area contributed by atoms with Crippen molar-refractivity contribution < 1.29 is 22.1 Å². The third-order valence-corrected chi connectivity index (χ3v) is 4.09. The van der Waals surface area contributed by atoms with Crippen LogP contribution in [0.4, 0.5) is 0 Å². The minimum Gasteiger partial charge on any atom is -0.379 e. The molecule has 2 aromatic carbocycles. The van der Waals surface area contributed by atoms with Crippen molar-refractivity contribution in [3.63, 3.8) is 0 Å². The molecule has 0 radical (unpaired) electrons. The van der Waals surface area contributed by atoms with Crippen LogP contribution < -0.4 is 4.18 Å². The molecule has 2 aromatic rings. The summed E-state index contributed by atoms with van der Waals surface area (Å²) in [5.41, 5.74) is 0.622. The minimum absolute atomic E-state index is 0.0803. The normalized spacial score (nSPS) is 12.6. The first-order valence-corrected chi connectivity index (χ1v) is 7.55. The van der Waals surface area contributed by atoms with E-state index in [1.54, 1.807) is 30.3 Å². The molecule has 0 saturated carbocycles. The highest BCUT2D eigenvalue weighted by atomic mass is 32.2. The summed E-state index contributed by atoms with van der Waals surface area (Å²) in [5, 5.41) is 0. The van der Waals surface area contributed by atoms with Gasteiger partial charge in [0.15, 0.2) is 6.29 Å². The topological polar surface area (TPSA) is 69.7 Å². The molecule has 0 N–H and O–H groups in total. The maximum Gasteiger partial charge on any atom is 0.339 e. The van der Waals surface area contributed by atoms with E-state index < -0.39 is 16.2 Å². The zero-order chi connectivity index (χ0) is 15.3. The van der Waals surface area contributed by atoms with Crippen LogP contribution in [0.5, 0.6) is 5.75 Å². The van der Waals surface area contributed by atoms with Crippen molar-refractivity contribution >= 4 is 16.4 Å². The van der Waals surface area contributed by atoms with Gasteiger partial charge in [-0.15, -0.1) is 0 Å². The third-order valence-electron chi connectivity index (χ3n) is 2.82. The second kappa shape index (κ2) is 6.51. The lowest BCUT2D eigenvalue weighted by molar-refractivity contribution is -0.116. The van der Waals surface area contributed by atoms with Crippen LogP contribution in [0.2, 0.25) is 0 Å². The zero-order valence-corrected chi connectivity index (χ0v) is 12.1. The smallest absolute Gasteiger partial charge is 0.339 e. The fraction of sp³-hybridized carbons (Fsp3) is 0.133. The molecule has 0 aliphatic carbocycles. The van der Waals surface area contributed by atoms with Crippen LogP contribution >= 0.6 is 0 Å². The van der Waals surface area contributed by atoms with E-state index in [1.165, 1.54) is 31.4 Å². The summed E-state index contributed by atoms with van der Waals surface area (Å²) in [4.78, 5) is 10.9. The molecule has 0 aliphatic rings. The van der Waals surface area contributed by atoms with Gasteiger partial charge in [0.05, 0.1) is 0 Å². The quantitative estimate of drug-likeness (QED) is 0.605.